The van der Waals surface area contributed by atoms with Crippen molar-refractivity contribution in [3.05, 3.63) is 0 Å². The third-order valence-corrected chi connectivity index (χ3v) is 21.0. The SMILES string of the molecule is CCCCCCCCCCCCCCCCCCCCCCCCCCCCCCCCCCCCCCC(=O)NC(COC1OC(CO)C(O)C(O)C1O)C(O)CCCCCCCCCCCCCCCCCCCCCCCCCCCCCCCCCCC. The van der Waals surface area contributed by atoms with Crippen LogP contribution in [0.3, 0.4) is 0 Å². The first-order valence-corrected chi connectivity index (χ1v) is 42.2. The maximum atomic E-state index is 13.2. The van der Waals surface area contributed by atoms with Crippen molar-refractivity contribution in [1.29, 1.82) is 0 Å². The van der Waals surface area contributed by atoms with Crippen LogP contribution in [0, 0.1) is 0 Å². The number of nitrogens with one attached hydrogen (secondary N) is 1. The summed E-state index contributed by atoms with van der Waals surface area (Å²) in [7, 11) is 0. The lowest BCUT2D eigenvalue weighted by atomic mass is 9.99. The first-order chi connectivity index (χ1) is 45.3. The zero-order valence-corrected chi connectivity index (χ0v) is 62.1. The van der Waals surface area contributed by atoms with Crippen LogP contribution in [0.2, 0.25) is 0 Å². The molecule has 1 fully saturated rings. The number of amides is 1. The van der Waals surface area contributed by atoms with Gasteiger partial charge in [-0.25, -0.2) is 0 Å². The topological polar surface area (TPSA) is 149 Å². The van der Waals surface area contributed by atoms with Gasteiger partial charge in [-0.15, -0.1) is 0 Å². The summed E-state index contributed by atoms with van der Waals surface area (Å²) in [5.74, 6) is -0.131. The van der Waals surface area contributed by atoms with Crippen molar-refractivity contribution in [1.82, 2.24) is 5.32 Å². The number of carbonyl (C=O) groups excluding carboxylic acids is 1. The average Bonchev–Trinajstić information content (AvgIpc) is 1.49. The molecule has 9 heteroatoms. The van der Waals surface area contributed by atoms with Gasteiger partial charge < -0.3 is 40.3 Å². The highest BCUT2D eigenvalue weighted by atomic mass is 16.7. The molecular weight excluding hydrogens is 1140 g/mol. The van der Waals surface area contributed by atoms with Gasteiger partial charge in [0.1, 0.15) is 24.4 Å². The van der Waals surface area contributed by atoms with Crippen molar-refractivity contribution in [2.45, 2.75) is 513 Å². The van der Waals surface area contributed by atoms with Gasteiger partial charge in [-0.1, -0.05) is 450 Å². The minimum Gasteiger partial charge on any atom is -0.394 e. The molecule has 0 aliphatic carbocycles. The van der Waals surface area contributed by atoms with E-state index in [9.17, 15) is 30.3 Å². The molecule has 1 aliphatic rings. The van der Waals surface area contributed by atoms with Crippen LogP contribution in [0.5, 0.6) is 0 Å². The van der Waals surface area contributed by atoms with Gasteiger partial charge in [0.25, 0.3) is 0 Å². The first kappa shape index (κ1) is 89.2. The summed E-state index contributed by atoms with van der Waals surface area (Å²) < 4.78 is 11.4. The molecular formula is C83H165NO8. The lowest BCUT2D eigenvalue weighted by molar-refractivity contribution is -0.302. The van der Waals surface area contributed by atoms with Crippen molar-refractivity contribution in [3.63, 3.8) is 0 Å². The van der Waals surface area contributed by atoms with E-state index in [0.29, 0.717) is 12.8 Å². The van der Waals surface area contributed by atoms with E-state index in [1.807, 2.05) is 0 Å². The normalized spacial score (nSPS) is 17.5. The van der Waals surface area contributed by atoms with Gasteiger partial charge in [0.15, 0.2) is 6.29 Å². The second-order valence-corrected chi connectivity index (χ2v) is 30.0. The van der Waals surface area contributed by atoms with Crippen molar-refractivity contribution < 1.29 is 39.8 Å². The molecule has 0 radical (unpaired) electrons. The molecule has 0 aromatic rings. The molecule has 550 valence electrons. The highest BCUT2D eigenvalue weighted by molar-refractivity contribution is 5.76. The smallest absolute Gasteiger partial charge is 0.220 e. The Morgan fingerprint density at radius 2 is 0.543 bits per heavy atom. The number of aliphatic hydroxyl groups is 5. The second kappa shape index (κ2) is 72.9. The molecule has 1 amide bonds. The molecule has 9 nitrogen and oxygen atoms in total. The third kappa shape index (κ3) is 60.4. The van der Waals surface area contributed by atoms with E-state index < -0.39 is 49.5 Å². The van der Waals surface area contributed by atoms with Crippen LogP contribution >= 0.6 is 0 Å². The lowest BCUT2D eigenvalue weighted by Crippen LogP contribution is -2.60. The van der Waals surface area contributed by atoms with E-state index in [-0.39, 0.29) is 12.5 Å². The summed E-state index contributed by atoms with van der Waals surface area (Å²) in [5, 5.41) is 55.1. The summed E-state index contributed by atoms with van der Waals surface area (Å²) in [4.78, 5) is 13.2. The second-order valence-electron chi connectivity index (χ2n) is 30.0. The van der Waals surface area contributed by atoms with Crippen LogP contribution in [-0.4, -0.2) is 87.5 Å². The molecule has 0 saturated carbocycles. The molecule has 0 spiro atoms. The summed E-state index contributed by atoms with van der Waals surface area (Å²) in [6.07, 6.45) is 88.2. The van der Waals surface area contributed by atoms with Crippen molar-refractivity contribution in [3.8, 4) is 0 Å². The average molecular weight is 1310 g/mol. The number of unbranched alkanes of at least 4 members (excludes halogenated alkanes) is 67. The lowest BCUT2D eigenvalue weighted by Gasteiger charge is -2.40. The maximum absolute atomic E-state index is 13.2. The standard InChI is InChI=1S/C83H165NO8/c1-3-5-7-9-11-13-15-17-19-21-23-25-27-29-31-33-35-37-38-39-41-43-45-47-49-51-53-55-57-59-61-63-65-67-69-71-73-79(87)84-76(75-91-83-82(90)81(89)80(88)78(74-85)92-83)77(86)72-70-68-66-64-62-60-58-56-54-52-50-48-46-44-42-40-36-34-32-30-28-26-24-22-20-18-16-14-12-10-8-6-4-2/h76-78,80-83,85-86,88-90H,3-75H2,1-2H3,(H,84,87). The number of ether oxygens (including phenoxy) is 2. The van der Waals surface area contributed by atoms with Gasteiger partial charge in [0.05, 0.1) is 25.4 Å². The van der Waals surface area contributed by atoms with Crippen LogP contribution in [0.4, 0.5) is 0 Å². The Bertz CT molecular complexity index is 1420. The van der Waals surface area contributed by atoms with Gasteiger partial charge in [0, 0.05) is 6.42 Å². The van der Waals surface area contributed by atoms with Crippen LogP contribution in [0.15, 0.2) is 0 Å². The van der Waals surface area contributed by atoms with E-state index >= 15 is 0 Å². The van der Waals surface area contributed by atoms with Gasteiger partial charge in [0.2, 0.25) is 5.91 Å². The first-order valence-electron chi connectivity index (χ1n) is 42.2. The van der Waals surface area contributed by atoms with E-state index in [4.69, 9.17) is 9.47 Å². The fourth-order valence-corrected chi connectivity index (χ4v) is 14.4. The number of rotatable bonds is 77. The Labute approximate surface area is 574 Å². The largest absolute Gasteiger partial charge is 0.394 e. The summed E-state index contributed by atoms with van der Waals surface area (Å²) in [6.45, 7) is 3.93. The van der Waals surface area contributed by atoms with Crippen LogP contribution in [0.1, 0.15) is 470 Å². The Kier molecular flexibility index (Phi) is 70.7. The molecule has 0 aromatic carbocycles. The van der Waals surface area contributed by atoms with Gasteiger partial charge in [-0.3, -0.25) is 4.79 Å². The van der Waals surface area contributed by atoms with E-state index in [1.165, 1.54) is 405 Å². The number of carbonyl (C=O) groups is 1. The molecule has 1 rings (SSSR count). The monoisotopic (exact) mass is 1300 g/mol. The number of hydrogen-bond acceptors (Lipinski definition) is 8. The fourth-order valence-electron chi connectivity index (χ4n) is 14.4. The number of aliphatic hydroxyl groups excluding tert-OH is 5. The van der Waals surface area contributed by atoms with Gasteiger partial charge >= 0.3 is 0 Å². The van der Waals surface area contributed by atoms with E-state index in [2.05, 4.69) is 19.2 Å². The Morgan fingerprint density at radius 3 is 0.772 bits per heavy atom. The molecule has 0 bridgehead atoms. The highest BCUT2D eigenvalue weighted by Gasteiger charge is 2.44. The van der Waals surface area contributed by atoms with Crippen molar-refractivity contribution in [2.24, 2.45) is 0 Å². The zero-order chi connectivity index (χ0) is 66.4. The third-order valence-electron chi connectivity index (χ3n) is 21.0. The zero-order valence-electron chi connectivity index (χ0n) is 62.1. The van der Waals surface area contributed by atoms with Crippen molar-refractivity contribution in [2.75, 3.05) is 13.2 Å². The fraction of sp³-hybridized carbons (Fsp3) is 0.988. The molecule has 1 heterocycles. The minimum absolute atomic E-state index is 0.130. The molecule has 1 aliphatic heterocycles. The molecule has 1 saturated heterocycles. The predicted molar refractivity (Wildman–Crippen MR) is 397 cm³/mol. The Morgan fingerprint density at radius 1 is 0.326 bits per heavy atom. The quantitative estimate of drug-likeness (QED) is 0.0330. The van der Waals surface area contributed by atoms with Crippen LogP contribution in [0.25, 0.3) is 0 Å². The van der Waals surface area contributed by atoms with Crippen LogP contribution in [-0.2, 0) is 14.3 Å². The van der Waals surface area contributed by atoms with E-state index in [0.717, 1.165) is 38.5 Å². The molecule has 7 atom stereocenters. The molecule has 92 heavy (non-hydrogen) atoms. The number of hydrogen-bond donors (Lipinski definition) is 6. The van der Waals surface area contributed by atoms with Gasteiger partial charge in [-0.2, -0.15) is 0 Å². The molecule has 6 N–H and O–H groups in total. The summed E-state index contributed by atoms with van der Waals surface area (Å²) in [5.41, 5.74) is 0. The van der Waals surface area contributed by atoms with E-state index in [1.54, 1.807) is 0 Å². The summed E-state index contributed by atoms with van der Waals surface area (Å²) in [6, 6.07) is -0.717. The predicted octanol–water partition coefficient (Wildman–Crippen LogP) is 24.4. The molecule has 0 aromatic heterocycles. The summed E-state index contributed by atoms with van der Waals surface area (Å²) >= 11 is 0. The highest BCUT2D eigenvalue weighted by Crippen LogP contribution is 2.25. The van der Waals surface area contributed by atoms with Gasteiger partial charge in [-0.05, 0) is 12.8 Å². The maximum Gasteiger partial charge on any atom is 0.220 e. The minimum atomic E-state index is -1.55. The Balaban J connectivity index is 2.01. The van der Waals surface area contributed by atoms with Crippen molar-refractivity contribution >= 4 is 5.91 Å². The molecule has 7 unspecified atom stereocenters. The Hall–Kier alpha value is -0.810. The van der Waals surface area contributed by atoms with Crippen LogP contribution < -0.4 is 5.32 Å².